The highest BCUT2D eigenvalue weighted by Gasteiger charge is 2.70. The van der Waals surface area contributed by atoms with Crippen LogP contribution in [0.25, 0.3) is 0 Å². The maximum Gasteiger partial charge on any atom is 0.464 e. The largest absolute Gasteiger partial charge is 0.464 e. The molecule has 2 unspecified atom stereocenters. The maximum absolute atomic E-state index is 12.9. The SMILES string of the molecule is CN(C)C(=O)c1ccc(C(=O)N2CCC3(B4OC(C)(C)C(C)(C)O4)CC3C2)cn1. The van der Waals surface area contributed by atoms with Gasteiger partial charge in [0, 0.05) is 38.7 Å². The van der Waals surface area contributed by atoms with Crippen molar-refractivity contribution in [3.8, 4) is 0 Å². The molecule has 0 spiro atoms. The summed E-state index contributed by atoms with van der Waals surface area (Å²) < 4.78 is 12.6. The Morgan fingerprint density at radius 3 is 2.34 bits per heavy atom. The molecular formula is C21H30BN3O4. The standard InChI is InChI=1S/C21H30BN3O4/c1-19(2)20(3,4)29-22(28-19)21-9-10-25(13-15(21)11-21)17(26)14-7-8-16(23-12-14)18(27)24(5)6/h7-8,12,15H,9-11,13H2,1-6H3. The van der Waals surface area contributed by atoms with Crippen molar-refractivity contribution in [3.05, 3.63) is 29.6 Å². The van der Waals surface area contributed by atoms with Crippen molar-refractivity contribution >= 4 is 18.9 Å². The van der Waals surface area contributed by atoms with Crippen molar-refractivity contribution in [1.29, 1.82) is 0 Å². The van der Waals surface area contributed by atoms with Gasteiger partial charge in [0.2, 0.25) is 0 Å². The minimum absolute atomic E-state index is 0.0298. The molecule has 1 saturated carbocycles. The number of fused-ring (bicyclic) bond motifs is 1. The van der Waals surface area contributed by atoms with E-state index in [2.05, 4.69) is 32.7 Å². The fraction of sp³-hybridized carbons (Fsp3) is 0.667. The number of hydrogen-bond acceptors (Lipinski definition) is 5. The van der Waals surface area contributed by atoms with Gasteiger partial charge in [0.25, 0.3) is 11.8 Å². The van der Waals surface area contributed by atoms with Crippen LogP contribution >= 0.6 is 0 Å². The molecule has 0 N–H and O–H groups in total. The first kappa shape index (κ1) is 20.4. The Hall–Kier alpha value is -1.93. The Kier molecular flexibility index (Phi) is 4.59. The zero-order valence-corrected chi connectivity index (χ0v) is 18.2. The van der Waals surface area contributed by atoms with Gasteiger partial charge >= 0.3 is 7.12 Å². The van der Waals surface area contributed by atoms with E-state index in [1.807, 2.05) is 4.90 Å². The number of amides is 2. The number of carbonyl (C=O) groups is 2. The molecule has 3 fully saturated rings. The van der Waals surface area contributed by atoms with Crippen molar-refractivity contribution < 1.29 is 18.9 Å². The number of piperidine rings is 1. The van der Waals surface area contributed by atoms with E-state index in [1.165, 1.54) is 11.1 Å². The zero-order valence-electron chi connectivity index (χ0n) is 18.2. The molecule has 29 heavy (non-hydrogen) atoms. The molecule has 3 heterocycles. The van der Waals surface area contributed by atoms with Crippen LogP contribution in [0, 0.1) is 5.92 Å². The van der Waals surface area contributed by atoms with Crippen LogP contribution in [0.3, 0.4) is 0 Å². The topological polar surface area (TPSA) is 72.0 Å². The van der Waals surface area contributed by atoms with Gasteiger partial charge in [-0.15, -0.1) is 0 Å². The van der Waals surface area contributed by atoms with Crippen molar-refractivity contribution in [2.45, 2.75) is 57.1 Å². The van der Waals surface area contributed by atoms with E-state index < -0.39 is 0 Å². The summed E-state index contributed by atoms with van der Waals surface area (Å²) in [6, 6.07) is 3.31. The van der Waals surface area contributed by atoms with Crippen molar-refractivity contribution in [2.75, 3.05) is 27.2 Å². The van der Waals surface area contributed by atoms with Crippen molar-refractivity contribution in [2.24, 2.45) is 5.92 Å². The normalized spacial score (nSPS) is 29.4. The number of rotatable bonds is 3. The molecule has 2 atom stereocenters. The maximum atomic E-state index is 12.9. The van der Waals surface area contributed by atoms with E-state index >= 15 is 0 Å². The quantitative estimate of drug-likeness (QED) is 0.731. The summed E-state index contributed by atoms with van der Waals surface area (Å²) in [5.74, 6) is 0.195. The first-order valence-corrected chi connectivity index (χ1v) is 10.3. The smallest absolute Gasteiger partial charge is 0.403 e. The third-order valence-electron chi connectivity index (χ3n) is 7.21. The first-order chi connectivity index (χ1) is 13.5. The Labute approximate surface area is 172 Å². The lowest BCUT2D eigenvalue weighted by molar-refractivity contribution is 0.00578. The lowest BCUT2D eigenvalue weighted by Gasteiger charge is -2.32. The van der Waals surface area contributed by atoms with Crippen LogP contribution in [0.15, 0.2) is 18.3 Å². The highest BCUT2D eigenvalue weighted by Crippen LogP contribution is 2.69. The van der Waals surface area contributed by atoms with Gasteiger partial charge in [-0.1, -0.05) is 0 Å². The molecule has 156 valence electrons. The summed E-state index contributed by atoms with van der Waals surface area (Å²) >= 11 is 0. The van der Waals surface area contributed by atoms with Crippen LogP contribution in [0.1, 0.15) is 61.4 Å². The average molecular weight is 399 g/mol. The summed E-state index contributed by atoms with van der Waals surface area (Å²) in [6.07, 6.45) is 3.41. The van der Waals surface area contributed by atoms with E-state index in [-0.39, 0.29) is 35.4 Å². The Bertz CT molecular complexity index is 823. The molecule has 2 aliphatic heterocycles. The van der Waals surface area contributed by atoms with Crippen LogP contribution in [0.2, 0.25) is 5.31 Å². The molecule has 0 aromatic carbocycles. The summed E-state index contributed by atoms with van der Waals surface area (Å²) in [5.41, 5.74) is 0.199. The first-order valence-electron chi connectivity index (χ1n) is 10.3. The Morgan fingerprint density at radius 2 is 1.83 bits per heavy atom. The van der Waals surface area contributed by atoms with E-state index in [0.717, 1.165) is 12.8 Å². The fourth-order valence-corrected chi connectivity index (χ4v) is 4.38. The van der Waals surface area contributed by atoms with E-state index in [9.17, 15) is 9.59 Å². The van der Waals surface area contributed by atoms with E-state index in [0.29, 0.717) is 30.3 Å². The van der Waals surface area contributed by atoms with Gasteiger partial charge in [-0.05, 0) is 58.6 Å². The van der Waals surface area contributed by atoms with Gasteiger partial charge < -0.3 is 19.1 Å². The Morgan fingerprint density at radius 1 is 1.17 bits per heavy atom. The molecule has 7 nitrogen and oxygen atoms in total. The number of nitrogens with zero attached hydrogens (tertiary/aromatic N) is 3. The number of aromatic nitrogens is 1. The molecular weight excluding hydrogens is 369 g/mol. The van der Waals surface area contributed by atoms with Gasteiger partial charge in [0.1, 0.15) is 5.69 Å². The minimum Gasteiger partial charge on any atom is -0.403 e. The highest BCUT2D eigenvalue weighted by molar-refractivity contribution is 6.51. The summed E-state index contributed by atoms with van der Waals surface area (Å²) in [6.45, 7) is 9.71. The second-order valence-corrected chi connectivity index (χ2v) is 9.86. The van der Waals surface area contributed by atoms with Crippen LogP contribution in [-0.2, 0) is 9.31 Å². The van der Waals surface area contributed by atoms with E-state index in [1.54, 1.807) is 26.2 Å². The number of carbonyl (C=O) groups excluding carboxylic acids is 2. The van der Waals surface area contributed by atoms with Gasteiger partial charge in [0.15, 0.2) is 0 Å². The highest BCUT2D eigenvalue weighted by atomic mass is 16.7. The van der Waals surface area contributed by atoms with Crippen LogP contribution in [0.5, 0.6) is 0 Å². The minimum atomic E-state index is -0.329. The number of hydrogen-bond donors (Lipinski definition) is 0. The van der Waals surface area contributed by atoms with Crippen molar-refractivity contribution in [1.82, 2.24) is 14.8 Å². The predicted octanol–water partition coefficient (Wildman–Crippen LogP) is 2.48. The predicted molar refractivity (Wildman–Crippen MR) is 110 cm³/mol. The van der Waals surface area contributed by atoms with Crippen LogP contribution in [0.4, 0.5) is 0 Å². The fourth-order valence-electron chi connectivity index (χ4n) is 4.38. The third kappa shape index (κ3) is 3.26. The number of pyridine rings is 1. The second-order valence-electron chi connectivity index (χ2n) is 9.86. The summed E-state index contributed by atoms with van der Waals surface area (Å²) in [5, 5.41) is 0.0298. The lowest BCUT2D eigenvalue weighted by Crippen LogP contribution is -2.42. The van der Waals surface area contributed by atoms with Crippen molar-refractivity contribution in [3.63, 3.8) is 0 Å². The molecule has 2 amide bonds. The Balaban J connectivity index is 1.40. The van der Waals surface area contributed by atoms with Crippen LogP contribution < -0.4 is 0 Å². The van der Waals surface area contributed by atoms with Gasteiger partial charge in [-0.25, -0.2) is 0 Å². The molecule has 8 heteroatoms. The lowest BCUT2D eigenvalue weighted by atomic mass is 9.63. The summed E-state index contributed by atoms with van der Waals surface area (Å²) in [7, 11) is 3.16. The molecule has 0 bridgehead atoms. The molecule has 1 aromatic rings. The molecule has 1 aliphatic carbocycles. The van der Waals surface area contributed by atoms with Crippen LogP contribution in [-0.4, -0.2) is 72.1 Å². The number of likely N-dealkylation sites (tertiary alicyclic amines) is 1. The van der Waals surface area contributed by atoms with Gasteiger partial charge in [-0.2, -0.15) is 0 Å². The molecule has 1 aromatic heterocycles. The molecule has 4 rings (SSSR count). The summed E-state index contributed by atoms with van der Waals surface area (Å²) in [4.78, 5) is 32.5. The second kappa shape index (κ2) is 6.54. The molecule has 2 saturated heterocycles. The average Bonchev–Trinajstić information content (AvgIpc) is 3.35. The zero-order chi connectivity index (χ0) is 21.2. The molecule has 0 radical (unpaired) electrons. The monoisotopic (exact) mass is 399 g/mol. The van der Waals surface area contributed by atoms with Gasteiger partial charge in [0.05, 0.1) is 16.8 Å². The van der Waals surface area contributed by atoms with E-state index in [4.69, 9.17) is 9.31 Å². The molecule has 3 aliphatic rings. The van der Waals surface area contributed by atoms with Gasteiger partial charge in [-0.3, -0.25) is 14.6 Å². The third-order valence-corrected chi connectivity index (χ3v) is 7.21.